The molecule has 1 atom stereocenters. The molecule has 1 aromatic rings. The Morgan fingerprint density at radius 2 is 2.19 bits per heavy atom. The standard InChI is InChI=1S/C12H13BrN2O6/c1-21-8(5-11(16)17)6-14-12(18)9-4-7(15(19)20)2-3-10(9)13/h2-4,8H,5-6H2,1H3,(H,14,18)(H,16,17). The summed E-state index contributed by atoms with van der Waals surface area (Å²) in [6, 6.07) is 3.81. The van der Waals surface area contributed by atoms with Gasteiger partial charge in [-0.05, 0) is 22.0 Å². The number of carbonyl (C=O) groups is 2. The highest BCUT2D eigenvalue weighted by molar-refractivity contribution is 9.10. The van der Waals surface area contributed by atoms with Crippen molar-refractivity contribution in [1.82, 2.24) is 5.32 Å². The Bertz CT molecular complexity index is 563. The molecular formula is C12H13BrN2O6. The van der Waals surface area contributed by atoms with Crippen LogP contribution in [0.2, 0.25) is 0 Å². The second kappa shape index (κ2) is 7.70. The van der Waals surface area contributed by atoms with E-state index < -0.39 is 22.9 Å². The lowest BCUT2D eigenvalue weighted by Gasteiger charge is -2.14. The molecule has 0 saturated heterocycles. The zero-order valence-corrected chi connectivity index (χ0v) is 12.6. The molecule has 0 radical (unpaired) electrons. The van der Waals surface area contributed by atoms with Gasteiger partial charge in [0.15, 0.2) is 0 Å². The molecule has 0 spiro atoms. The molecule has 114 valence electrons. The normalized spacial score (nSPS) is 11.7. The lowest BCUT2D eigenvalue weighted by atomic mass is 10.2. The largest absolute Gasteiger partial charge is 0.481 e. The van der Waals surface area contributed by atoms with Crippen LogP contribution in [0.4, 0.5) is 5.69 Å². The highest BCUT2D eigenvalue weighted by Gasteiger charge is 2.18. The molecule has 0 heterocycles. The van der Waals surface area contributed by atoms with Crippen molar-refractivity contribution in [2.75, 3.05) is 13.7 Å². The topological polar surface area (TPSA) is 119 Å². The van der Waals surface area contributed by atoms with Crippen LogP contribution in [0.25, 0.3) is 0 Å². The first-order valence-electron chi connectivity index (χ1n) is 5.82. The molecule has 8 nitrogen and oxygen atoms in total. The van der Waals surface area contributed by atoms with Gasteiger partial charge in [0.1, 0.15) is 0 Å². The summed E-state index contributed by atoms with van der Waals surface area (Å²) in [6.45, 7) is -0.0171. The van der Waals surface area contributed by atoms with Crippen LogP contribution < -0.4 is 5.32 Å². The summed E-state index contributed by atoms with van der Waals surface area (Å²) >= 11 is 3.14. The summed E-state index contributed by atoms with van der Waals surface area (Å²) in [6.07, 6.45) is -0.934. The summed E-state index contributed by atoms with van der Waals surface area (Å²) in [4.78, 5) is 32.7. The van der Waals surface area contributed by atoms with Gasteiger partial charge in [-0.1, -0.05) is 0 Å². The molecule has 0 aliphatic rings. The molecule has 0 aliphatic heterocycles. The number of ether oxygens (including phenoxy) is 1. The van der Waals surface area contributed by atoms with Gasteiger partial charge in [0, 0.05) is 30.3 Å². The van der Waals surface area contributed by atoms with E-state index in [1.165, 1.54) is 19.2 Å². The first-order valence-corrected chi connectivity index (χ1v) is 6.61. The van der Waals surface area contributed by atoms with Gasteiger partial charge >= 0.3 is 5.97 Å². The number of methoxy groups -OCH3 is 1. The van der Waals surface area contributed by atoms with Crippen molar-refractivity contribution in [2.45, 2.75) is 12.5 Å². The molecule has 1 unspecified atom stereocenters. The van der Waals surface area contributed by atoms with Crippen molar-refractivity contribution < 1.29 is 24.4 Å². The average molecular weight is 361 g/mol. The first kappa shape index (κ1) is 17.1. The van der Waals surface area contributed by atoms with Crippen LogP contribution >= 0.6 is 15.9 Å². The van der Waals surface area contributed by atoms with Crippen LogP contribution in [0.3, 0.4) is 0 Å². The highest BCUT2D eigenvalue weighted by Crippen LogP contribution is 2.22. The number of non-ortho nitro benzene ring substituents is 1. The predicted octanol–water partition coefficient (Wildman–Crippen LogP) is 1.58. The van der Waals surface area contributed by atoms with Crippen LogP contribution in [-0.4, -0.2) is 41.7 Å². The van der Waals surface area contributed by atoms with Gasteiger partial charge in [0.05, 0.1) is 23.0 Å². The van der Waals surface area contributed by atoms with Crippen molar-refractivity contribution in [1.29, 1.82) is 0 Å². The summed E-state index contributed by atoms with van der Waals surface area (Å²) in [5.74, 6) is -1.61. The molecule has 0 aromatic heterocycles. The quantitative estimate of drug-likeness (QED) is 0.562. The molecule has 0 saturated carbocycles. The Labute approximate surface area is 128 Å². The van der Waals surface area contributed by atoms with E-state index in [1.54, 1.807) is 0 Å². The molecule has 1 aromatic carbocycles. The number of carbonyl (C=O) groups excluding carboxylic acids is 1. The Morgan fingerprint density at radius 3 is 2.71 bits per heavy atom. The fourth-order valence-corrected chi connectivity index (χ4v) is 1.96. The third kappa shape index (κ3) is 5.12. The molecule has 21 heavy (non-hydrogen) atoms. The number of hydrogen-bond donors (Lipinski definition) is 2. The van der Waals surface area contributed by atoms with E-state index in [9.17, 15) is 19.7 Å². The average Bonchev–Trinajstić information content (AvgIpc) is 2.42. The number of nitrogens with zero attached hydrogens (tertiary/aromatic N) is 1. The van der Waals surface area contributed by atoms with Crippen molar-refractivity contribution >= 4 is 33.5 Å². The van der Waals surface area contributed by atoms with Crippen LogP contribution in [0.1, 0.15) is 16.8 Å². The second-order valence-corrected chi connectivity index (χ2v) is 4.94. The Balaban J connectivity index is 2.77. The van der Waals surface area contributed by atoms with Gasteiger partial charge in [-0.2, -0.15) is 0 Å². The minimum absolute atomic E-state index is 0.0171. The SMILES string of the molecule is COC(CNC(=O)c1cc([N+](=O)[O-])ccc1Br)CC(=O)O. The van der Waals surface area contributed by atoms with Crippen molar-refractivity contribution in [3.63, 3.8) is 0 Å². The zero-order chi connectivity index (χ0) is 16.0. The minimum atomic E-state index is -1.05. The Morgan fingerprint density at radius 1 is 1.52 bits per heavy atom. The molecular weight excluding hydrogens is 348 g/mol. The van der Waals surface area contributed by atoms with Crippen LogP contribution in [0.15, 0.2) is 22.7 Å². The number of nitro groups is 1. The fourth-order valence-electron chi connectivity index (χ4n) is 1.54. The molecule has 0 aliphatic carbocycles. The highest BCUT2D eigenvalue weighted by atomic mass is 79.9. The van der Waals surface area contributed by atoms with Gasteiger partial charge in [0.25, 0.3) is 11.6 Å². The van der Waals surface area contributed by atoms with E-state index in [2.05, 4.69) is 21.2 Å². The monoisotopic (exact) mass is 360 g/mol. The number of aliphatic carboxylic acids is 1. The van der Waals surface area contributed by atoms with Gasteiger partial charge in [-0.25, -0.2) is 0 Å². The number of carboxylic acid groups (broad SMARTS) is 1. The molecule has 1 amide bonds. The lowest BCUT2D eigenvalue weighted by molar-refractivity contribution is -0.384. The lowest BCUT2D eigenvalue weighted by Crippen LogP contribution is -2.34. The van der Waals surface area contributed by atoms with Gasteiger partial charge in [-0.15, -0.1) is 0 Å². The summed E-state index contributed by atoms with van der Waals surface area (Å²) < 4.78 is 5.32. The van der Waals surface area contributed by atoms with E-state index in [1.807, 2.05) is 0 Å². The van der Waals surface area contributed by atoms with E-state index in [0.717, 1.165) is 6.07 Å². The summed E-state index contributed by atoms with van der Waals surface area (Å²) in [5.41, 5.74) is -0.119. The van der Waals surface area contributed by atoms with Gasteiger partial charge in [-0.3, -0.25) is 19.7 Å². The zero-order valence-electron chi connectivity index (χ0n) is 11.0. The van der Waals surface area contributed by atoms with Crippen molar-refractivity contribution in [3.8, 4) is 0 Å². The second-order valence-electron chi connectivity index (χ2n) is 4.09. The number of hydrogen-bond acceptors (Lipinski definition) is 5. The van der Waals surface area contributed by atoms with Crippen LogP contribution in [0, 0.1) is 10.1 Å². The van der Waals surface area contributed by atoms with E-state index in [0.29, 0.717) is 4.47 Å². The number of rotatable bonds is 7. The third-order valence-electron chi connectivity index (χ3n) is 2.63. The fraction of sp³-hybridized carbons (Fsp3) is 0.333. The minimum Gasteiger partial charge on any atom is -0.481 e. The number of amides is 1. The number of halogens is 1. The maximum absolute atomic E-state index is 12.0. The van der Waals surface area contributed by atoms with E-state index >= 15 is 0 Å². The number of nitro benzene ring substituents is 1. The summed E-state index contributed by atoms with van der Waals surface area (Å²) in [5, 5.41) is 21.8. The van der Waals surface area contributed by atoms with Crippen LogP contribution in [0.5, 0.6) is 0 Å². The number of nitrogens with one attached hydrogen (secondary N) is 1. The third-order valence-corrected chi connectivity index (χ3v) is 3.32. The van der Waals surface area contributed by atoms with E-state index in [4.69, 9.17) is 9.84 Å². The number of carboxylic acids is 1. The maximum Gasteiger partial charge on any atom is 0.306 e. The van der Waals surface area contributed by atoms with Crippen molar-refractivity contribution in [3.05, 3.63) is 38.3 Å². The smallest absolute Gasteiger partial charge is 0.306 e. The van der Waals surface area contributed by atoms with Crippen molar-refractivity contribution in [2.24, 2.45) is 0 Å². The first-order chi connectivity index (χ1) is 9.85. The van der Waals surface area contributed by atoms with Gasteiger partial charge in [0.2, 0.25) is 0 Å². The molecule has 0 bridgehead atoms. The number of benzene rings is 1. The van der Waals surface area contributed by atoms with Gasteiger partial charge < -0.3 is 15.2 Å². The molecule has 9 heteroatoms. The molecule has 0 fully saturated rings. The molecule has 1 rings (SSSR count). The van der Waals surface area contributed by atoms with E-state index in [-0.39, 0.29) is 24.2 Å². The van der Waals surface area contributed by atoms with Crippen LogP contribution in [-0.2, 0) is 9.53 Å². The maximum atomic E-state index is 12.0. The predicted molar refractivity (Wildman–Crippen MR) is 76.2 cm³/mol. The summed E-state index contributed by atoms with van der Waals surface area (Å²) in [7, 11) is 1.34. The Hall–Kier alpha value is -2.00. The Kier molecular flexibility index (Phi) is 6.25. The molecule has 2 N–H and O–H groups in total.